The molecule has 2 N–H and O–H groups in total. The van der Waals surface area contributed by atoms with Crippen LogP contribution in [0.15, 0.2) is 24.3 Å². The minimum absolute atomic E-state index is 0.0219. The summed E-state index contributed by atoms with van der Waals surface area (Å²) in [6.45, 7) is 1.17. The largest absolute Gasteiger partial charge is 0.478 e. The predicted molar refractivity (Wildman–Crippen MR) is 48.8 cm³/mol. The monoisotopic (exact) mass is 200 g/mol. The maximum atomic E-state index is 11.2. The third-order valence-electron chi connectivity index (χ3n) is 1.57. The van der Waals surface area contributed by atoms with Crippen LogP contribution >= 0.6 is 7.37 Å². The van der Waals surface area contributed by atoms with Gasteiger partial charge in [0.05, 0.1) is 5.56 Å². The topological polar surface area (TPSA) is 74.6 Å². The molecule has 1 unspecified atom stereocenters. The molecule has 0 aliphatic heterocycles. The van der Waals surface area contributed by atoms with Gasteiger partial charge < -0.3 is 10.00 Å². The first kappa shape index (κ1) is 9.96. The van der Waals surface area contributed by atoms with E-state index in [1.54, 1.807) is 0 Å². The van der Waals surface area contributed by atoms with Crippen LogP contribution in [0.2, 0.25) is 0 Å². The quantitative estimate of drug-likeness (QED) is 0.696. The molecule has 0 aliphatic rings. The van der Waals surface area contributed by atoms with Gasteiger partial charge in [0.15, 0.2) is 0 Å². The van der Waals surface area contributed by atoms with Gasteiger partial charge in [0.1, 0.15) is 0 Å². The van der Waals surface area contributed by atoms with E-state index in [-0.39, 0.29) is 10.9 Å². The van der Waals surface area contributed by atoms with Crippen molar-refractivity contribution in [1.29, 1.82) is 0 Å². The lowest BCUT2D eigenvalue weighted by atomic mass is 10.2. The molecule has 5 heteroatoms. The second-order valence-corrected chi connectivity index (χ2v) is 5.01. The lowest BCUT2D eigenvalue weighted by molar-refractivity contribution is 0.0697. The number of carboxylic acids is 1. The summed E-state index contributed by atoms with van der Waals surface area (Å²) in [4.78, 5) is 19.7. The van der Waals surface area contributed by atoms with Gasteiger partial charge in [0, 0.05) is 12.0 Å². The van der Waals surface area contributed by atoms with Crippen molar-refractivity contribution in [2.75, 3.05) is 6.66 Å². The van der Waals surface area contributed by atoms with Gasteiger partial charge in [-0.1, -0.05) is 6.07 Å². The summed E-state index contributed by atoms with van der Waals surface area (Å²) < 4.78 is 11.2. The Balaban J connectivity index is 3.21. The summed E-state index contributed by atoms with van der Waals surface area (Å²) in [5.41, 5.74) is 0.0219. The van der Waals surface area contributed by atoms with Crippen molar-refractivity contribution >= 4 is 18.6 Å². The van der Waals surface area contributed by atoms with Gasteiger partial charge in [-0.2, -0.15) is 0 Å². The summed E-state index contributed by atoms with van der Waals surface area (Å²) >= 11 is 0. The van der Waals surface area contributed by atoms with Crippen molar-refractivity contribution in [1.82, 2.24) is 0 Å². The molecule has 0 aliphatic carbocycles. The van der Waals surface area contributed by atoms with Gasteiger partial charge in [-0.25, -0.2) is 4.79 Å². The molecule has 0 bridgehead atoms. The molecule has 0 amide bonds. The van der Waals surface area contributed by atoms with E-state index in [4.69, 9.17) is 10.00 Å². The molecule has 1 aromatic carbocycles. The van der Waals surface area contributed by atoms with Crippen LogP contribution in [0.4, 0.5) is 0 Å². The van der Waals surface area contributed by atoms with Gasteiger partial charge in [-0.3, -0.25) is 4.57 Å². The van der Waals surface area contributed by atoms with Crippen LogP contribution in [-0.4, -0.2) is 22.6 Å². The lowest BCUT2D eigenvalue weighted by Crippen LogP contribution is -2.07. The van der Waals surface area contributed by atoms with Gasteiger partial charge in [-0.15, -0.1) is 0 Å². The van der Waals surface area contributed by atoms with Crippen LogP contribution in [0.1, 0.15) is 10.4 Å². The number of benzene rings is 1. The molecule has 1 atom stereocenters. The van der Waals surface area contributed by atoms with Gasteiger partial charge >= 0.3 is 5.97 Å². The van der Waals surface area contributed by atoms with Gasteiger partial charge in [0.2, 0.25) is 7.37 Å². The third kappa shape index (κ3) is 2.41. The fourth-order valence-electron chi connectivity index (χ4n) is 0.897. The SMILES string of the molecule is CP(=O)(O)c1cccc(C(=O)O)c1. The summed E-state index contributed by atoms with van der Waals surface area (Å²) in [5, 5.41) is 8.76. The number of carboxylic acid groups (broad SMARTS) is 1. The Hall–Kier alpha value is -1.12. The zero-order valence-electron chi connectivity index (χ0n) is 6.97. The highest BCUT2D eigenvalue weighted by Crippen LogP contribution is 2.33. The van der Waals surface area contributed by atoms with E-state index >= 15 is 0 Å². The lowest BCUT2D eigenvalue weighted by Gasteiger charge is -2.05. The molecule has 0 saturated heterocycles. The number of aromatic carboxylic acids is 1. The number of hydrogen-bond acceptors (Lipinski definition) is 2. The highest BCUT2D eigenvalue weighted by atomic mass is 31.2. The van der Waals surface area contributed by atoms with E-state index in [1.807, 2.05) is 0 Å². The molecule has 0 spiro atoms. The second kappa shape index (κ2) is 3.32. The maximum absolute atomic E-state index is 11.2. The van der Waals surface area contributed by atoms with E-state index in [9.17, 15) is 9.36 Å². The Bertz CT molecular complexity index is 379. The fraction of sp³-hybridized carbons (Fsp3) is 0.125. The normalized spacial score (nSPS) is 14.9. The minimum Gasteiger partial charge on any atom is -0.478 e. The molecule has 70 valence electrons. The van der Waals surface area contributed by atoms with Crippen LogP contribution in [0, 0.1) is 0 Å². The maximum Gasteiger partial charge on any atom is 0.335 e. The molecule has 1 aromatic rings. The van der Waals surface area contributed by atoms with E-state index in [0.717, 1.165) is 0 Å². The molecule has 0 fully saturated rings. The first-order valence-electron chi connectivity index (χ1n) is 3.55. The Morgan fingerprint density at radius 2 is 2.08 bits per heavy atom. The van der Waals surface area contributed by atoms with Crippen LogP contribution in [-0.2, 0) is 4.57 Å². The van der Waals surface area contributed by atoms with Crippen molar-refractivity contribution < 1.29 is 19.4 Å². The molecule has 4 nitrogen and oxygen atoms in total. The van der Waals surface area contributed by atoms with E-state index < -0.39 is 13.3 Å². The van der Waals surface area contributed by atoms with Crippen LogP contribution in [0.5, 0.6) is 0 Å². The van der Waals surface area contributed by atoms with E-state index in [0.29, 0.717) is 0 Å². The fourth-order valence-corrected chi connectivity index (χ4v) is 1.64. The molecular weight excluding hydrogens is 191 g/mol. The van der Waals surface area contributed by atoms with Crippen molar-refractivity contribution in [2.24, 2.45) is 0 Å². The Morgan fingerprint density at radius 1 is 1.46 bits per heavy atom. The van der Waals surface area contributed by atoms with Crippen LogP contribution in [0.25, 0.3) is 0 Å². The van der Waals surface area contributed by atoms with Crippen molar-refractivity contribution in [3.8, 4) is 0 Å². The summed E-state index contributed by atoms with van der Waals surface area (Å²) in [6.07, 6.45) is 0. The summed E-state index contributed by atoms with van der Waals surface area (Å²) in [7, 11) is -3.35. The van der Waals surface area contributed by atoms with E-state index in [1.165, 1.54) is 30.9 Å². The molecular formula is C8H9O4P. The van der Waals surface area contributed by atoms with Crippen molar-refractivity contribution in [3.63, 3.8) is 0 Å². The van der Waals surface area contributed by atoms with Gasteiger partial charge in [0.25, 0.3) is 0 Å². The zero-order chi connectivity index (χ0) is 10.1. The number of carbonyl (C=O) groups is 1. The highest BCUT2D eigenvalue weighted by Gasteiger charge is 2.15. The average Bonchev–Trinajstić information content (AvgIpc) is 2.03. The second-order valence-electron chi connectivity index (χ2n) is 2.73. The standard InChI is InChI=1S/C8H9O4P/c1-13(11,12)7-4-2-3-6(5-7)8(9)10/h2-5H,1H3,(H,9,10)(H,11,12). The molecule has 1 rings (SSSR count). The minimum atomic E-state index is -3.35. The molecule has 0 heterocycles. The van der Waals surface area contributed by atoms with Gasteiger partial charge in [-0.05, 0) is 18.2 Å². The number of rotatable bonds is 2. The number of hydrogen-bond donors (Lipinski definition) is 2. The Morgan fingerprint density at radius 3 is 2.54 bits per heavy atom. The molecule has 0 saturated carbocycles. The smallest absolute Gasteiger partial charge is 0.335 e. The first-order valence-corrected chi connectivity index (χ1v) is 5.66. The average molecular weight is 200 g/mol. The zero-order valence-corrected chi connectivity index (χ0v) is 7.86. The molecule has 13 heavy (non-hydrogen) atoms. The van der Waals surface area contributed by atoms with Crippen molar-refractivity contribution in [3.05, 3.63) is 29.8 Å². The Kier molecular flexibility index (Phi) is 2.55. The van der Waals surface area contributed by atoms with Crippen LogP contribution in [0.3, 0.4) is 0 Å². The first-order chi connectivity index (χ1) is 5.91. The van der Waals surface area contributed by atoms with E-state index in [2.05, 4.69) is 0 Å². The molecule has 0 radical (unpaired) electrons. The predicted octanol–water partition coefficient (Wildman–Crippen LogP) is 0.910. The molecule has 0 aromatic heterocycles. The summed E-state index contributed by atoms with van der Waals surface area (Å²) in [6, 6.07) is 5.48. The summed E-state index contributed by atoms with van der Waals surface area (Å²) in [5.74, 6) is -1.10. The Labute approximate surface area is 75.3 Å². The third-order valence-corrected chi connectivity index (χ3v) is 2.81. The van der Waals surface area contributed by atoms with Crippen LogP contribution < -0.4 is 5.30 Å². The van der Waals surface area contributed by atoms with Crippen molar-refractivity contribution in [2.45, 2.75) is 0 Å². The highest BCUT2D eigenvalue weighted by molar-refractivity contribution is 7.65.